The van der Waals surface area contributed by atoms with Crippen LogP contribution >= 0.6 is 0 Å². The molecule has 0 aliphatic carbocycles. The third-order valence-electron chi connectivity index (χ3n) is 1.93. The van der Waals surface area contributed by atoms with Crippen LogP contribution in [0.3, 0.4) is 0 Å². The number of hydrogen-bond acceptors (Lipinski definition) is 1. The van der Waals surface area contributed by atoms with Gasteiger partial charge in [0.2, 0.25) is 0 Å². The lowest BCUT2D eigenvalue weighted by Gasteiger charge is -2.13. The van der Waals surface area contributed by atoms with E-state index in [-0.39, 0.29) is 6.04 Å². The minimum absolute atomic E-state index is 0.0954. The minimum Gasteiger partial charge on any atom is -0.311 e. The number of allylic oxidation sites excluding steroid dienone is 1. The first-order valence-corrected chi connectivity index (χ1v) is 3.83. The Morgan fingerprint density at radius 2 is 2.60 bits per heavy atom. The first-order chi connectivity index (χ1) is 4.84. The Bertz CT molecular complexity index is 108. The van der Waals surface area contributed by atoms with Crippen molar-refractivity contribution in [1.82, 2.24) is 5.32 Å². The number of rotatable bonds is 3. The first-order valence-electron chi connectivity index (χ1n) is 3.83. The second-order valence-electron chi connectivity index (χ2n) is 2.74. The van der Waals surface area contributed by atoms with E-state index in [1.165, 1.54) is 0 Å². The van der Waals surface area contributed by atoms with Crippen LogP contribution in [0.15, 0.2) is 12.7 Å². The molecule has 0 bridgehead atoms. The lowest BCUT2D eigenvalue weighted by Crippen LogP contribution is -2.31. The zero-order chi connectivity index (χ0) is 7.40. The van der Waals surface area contributed by atoms with Gasteiger partial charge in [0.15, 0.2) is 0 Å². The van der Waals surface area contributed by atoms with Crippen LogP contribution in [0.25, 0.3) is 0 Å². The number of halogens is 1. The summed E-state index contributed by atoms with van der Waals surface area (Å²) in [7, 11) is 0. The van der Waals surface area contributed by atoms with Gasteiger partial charge in [-0.1, -0.05) is 6.08 Å². The van der Waals surface area contributed by atoms with Crippen LogP contribution in [-0.4, -0.2) is 18.8 Å². The average Bonchev–Trinajstić information content (AvgIpc) is 2.38. The Morgan fingerprint density at radius 1 is 1.80 bits per heavy atom. The molecule has 1 nitrogen and oxygen atoms in total. The van der Waals surface area contributed by atoms with Crippen LogP contribution in [0, 0.1) is 0 Å². The molecule has 1 heterocycles. The fourth-order valence-electron chi connectivity index (χ4n) is 1.34. The van der Waals surface area contributed by atoms with Gasteiger partial charge in [-0.25, -0.2) is 4.39 Å². The smallest absolute Gasteiger partial charge is 0.119 e. The maximum atomic E-state index is 13.0. The van der Waals surface area contributed by atoms with Gasteiger partial charge in [-0.2, -0.15) is 0 Å². The largest absolute Gasteiger partial charge is 0.311 e. The predicted octanol–water partition coefficient (Wildman–Crippen LogP) is 1.65. The molecule has 0 spiro atoms. The summed E-state index contributed by atoms with van der Waals surface area (Å²) in [6.45, 7) is 4.48. The molecule has 58 valence electrons. The summed E-state index contributed by atoms with van der Waals surface area (Å²) < 4.78 is 13.0. The summed E-state index contributed by atoms with van der Waals surface area (Å²) in [6, 6.07) is 0.0954. The fourth-order valence-corrected chi connectivity index (χ4v) is 1.34. The maximum Gasteiger partial charge on any atom is 0.119 e. The predicted molar refractivity (Wildman–Crippen MR) is 40.7 cm³/mol. The summed E-state index contributed by atoms with van der Waals surface area (Å²) in [5.74, 6) is 0. The molecule has 0 radical (unpaired) electrons. The minimum atomic E-state index is -0.722. The fraction of sp³-hybridized carbons (Fsp3) is 0.750. The molecule has 1 rings (SSSR count). The third-order valence-corrected chi connectivity index (χ3v) is 1.93. The number of alkyl halides is 1. The molecule has 1 N–H and O–H groups in total. The SMILES string of the molecule is C=CCC(F)C1CCCN1. The molecular formula is C8H14FN. The van der Waals surface area contributed by atoms with Crippen LogP contribution in [0.4, 0.5) is 4.39 Å². The van der Waals surface area contributed by atoms with Crippen molar-refractivity contribution in [3.63, 3.8) is 0 Å². The lowest BCUT2D eigenvalue weighted by molar-refractivity contribution is 0.267. The Morgan fingerprint density at radius 3 is 3.10 bits per heavy atom. The van der Waals surface area contributed by atoms with E-state index in [2.05, 4.69) is 11.9 Å². The van der Waals surface area contributed by atoms with Gasteiger partial charge in [-0.3, -0.25) is 0 Å². The Kier molecular flexibility index (Phi) is 2.87. The van der Waals surface area contributed by atoms with E-state index in [1.54, 1.807) is 6.08 Å². The van der Waals surface area contributed by atoms with Gasteiger partial charge < -0.3 is 5.32 Å². The molecule has 1 aliphatic rings. The zero-order valence-corrected chi connectivity index (χ0v) is 6.15. The number of hydrogen-bond donors (Lipinski definition) is 1. The van der Waals surface area contributed by atoms with Crippen molar-refractivity contribution in [1.29, 1.82) is 0 Å². The average molecular weight is 143 g/mol. The van der Waals surface area contributed by atoms with E-state index >= 15 is 0 Å². The molecule has 10 heavy (non-hydrogen) atoms. The molecule has 0 amide bonds. The molecule has 0 aromatic rings. The molecule has 1 aliphatic heterocycles. The molecular weight excluding hydrogens is 129 g/mol. The second-order valence-corrected chi connectivity index (χ2v) is 2.74. The molecule has 0 saturated carbocycles. The molecule has 1 fully saturated rings. The van der Waals surface area contributed by atoms with E-state index in [0.29, 0.717) is 6.42 Å². The quantitative estimate of drug-likeness (QED) is 0.592. The Labute approximate surface area is 61.3 Å². The van der Waals surface area contributed by atoms with Crippen molar-refractivity contribution < 1.29 is 4.39 Å². The van der Waals surface area contributed by atoms with Gasteiger partial charge in [0.25, 0.3) is 0 Å². The summed E-state index contributed by atoms with van der Waals surface area (Å²) in [5, 5.41) is 3.12. The first kappa shape index (κ1) is 7.73. The lowest BCUT2D eigenvalue weighted by atomic mass is 10.1. The molecule has 2 atom stereocenters. The highest BCUT2D eigenvalue weighted by Crippen LogP contribution is 2.14. The highest BCUT2D eigenvalue weighted by molar-refractivity contribution is 4.85. The summed E-state index contributed by atoms with van der Waals surface area (Å²) in [6.07, 6.45) is 3.50. The van der Waals surface area contributed by atoms with Crippen LogP contribution < -0.4 is 5.32 Å². The van der Waals surface area contributed by atoms with Crippen molar-refractivity contribution >= 4 is 0 Å². The Hall–Kier alpha value is -0.370. The van der Waals surface area contributed by atoms with Gasteiger partial charge in [0.1, 0.15) is 6.17 Å². The standard InChI is InChI=1S/C8H14FN/c1-2-4-7(9)8-5-3-6-10-8/h2,7-8,10H,1,3-6H2. The summed E-state index contributed by atoms with van der Waals surface area (Å²) in [4.78, 5) is 0. The van der Waals surface area contributed by atoms with Crippen molar-refractivity contribution in [3.05, 3.63) is 12.7 Å². The highest BCUT2D eigenvalue weighted by atomic mass is 19.1. The maximum absolute atomic E-state index is 13.0. The van der Waals surface area contributed by atoms with Crippen molar-refractivity contribution in [3.8, 4) is 0 Å². The van der Waals surface area contributed by atoms with Gasteiger partial charge in [0, 0.05) is 6.04 Å². The van der Waals surface area contributed by atoms with E-state index in [9.17, 15) is 4.39 Å². The van der Waals surface area contributed by atoms with Crippen molar-refractivity contribution in [2.75, 3.05) is 6.54 Å². The van der Waals surface area contributed by atoms with Crippen molar-refractivity contribution in [2.45, 2.75) is 31.5 Å². The van der Waals surface area contributed by atoms with Gasteiger partial charge >= 0.3 is 0 Å². The summed E-state index contributed by atoms with van der Waals surface area (Å²) in [5.41, 5.74) is 0. The summed E-state index contributed by atoms with van der Waals surface area (Å²) >= 11 is 0. The van der Waals surface area contributed by atoms with Crippen LogP contribution in [0.1, 0.15) is 19.3 Å². The van der Waals surface area contributed by atoms with Gasteiger partial charge in [-0.05, 0) is 25.8 Å². The van der Waals surface area contributed by atoms with Crippen LogP contribution in [-0.2, 0) is 0 Å². The third kappa shape index (κ3) is 1.81. The molecule has 0 aromatic heterocycles. The zero-order valence-electron chi connectivity index (χ0n) is 6.15. The topological polar surface area (TPSA) is 12.0 Å². The Balaban J connectivity index is 2.24. The van der Waals surface area contributed by atoms with Crippen LogP contribution in [0.5, 0.6) is 0 Å². The second kappa shape index (κ2) is 3.71. The van der Waals surface area contributed by atoms with Gasteiger partial charge in [0.05, 0.1) is 0 Å². The van der Waals surface area contributed by atoms with Crippen molar-refractivity contribution in [2.24, 2.45) is 0 Å². The molecule has 2 unspecified atom stereocenters. The molecule has 1 saturated heterocycles. The van der Waals surface area contributed by atoms with E-state index in [1.807, 2.05) is 0 Å². The highest BCUT2D eigenvalue weighted by Gasteiger charge is 2.22. The number of nitrogens with one attached hydrogen (secondary N) is 1. The van der Waals surface area contributed by atoms with E-state index in [4.69, 9.17) is 0 Å². The molecule has 0 aromatic carbocycles. The van der Waals surface area contributed by atoms with E-state index in [0.717, 1.165) is 19.4 Å². The van der Waals surface area contributed by atoms with Gasteiger partial charge in [-0.15, -0.1) is 6.58 Å². The monoisotopic (exact) mass is 143 g/mol. The van der Waals surface area contributed by atoms with E-state index < -0.39 is 6.17 Å². The molecule has 2 heteroatoms. The van der Waals surface area contributed by atoms with Crippen LogP contribution in [0.2, 0.25) is 0 Å². The normalized spacial score (nSPS) is 28.3.